The highest BCUT2D eigenvalue weighted by molar-refractivity contribution is 7.22. The van der Waals surface area contributed by atoms with Gasteiger partial charge in [-0.1, -0.05) is 135 Å². The zero-order valence-corrected chi connectivity index (χ0v) is 27.3. The third-order valence-corrected chi connectivity index (χ3v) is 11.0. The van der Waals surface area contributed by atoms with Crippen LogP contribution in [0.5, 0.6) is 0 Å². The standard InChI is InChI=1S/C45H33NS/c1-45(2)40-17-10-16-38(42(40)44-43(45)39-15-8-9-18-41(39)47-44)33-22-26-36(27-23-33)46(37-28-21-31-13-6-7-14-34(31)29-37)35-24-19-32(20-25-35)30-11-4-3-5-12-30/h3-29H,1-2H3. The van der Waals surface area contributed by atoms with Crippen LogP contribution in [0.1, 0.15) is 25.0 Å². The molecule has 0 saturated carbocycles. The summed E-state index contributed by atoms with van der Waals surface area (Å²) in [6.45, 7) is 4.77. The lowest BCUT2D eigenvalue weighted by atomic mass is 9.81. The first-order valence-electron chi connectivity index (χ1n) is 16.3. The Morgan fingerprint density at radius 1 is 0.489 bits per heavy atom. The van der Waals surface area contributed by atoms with Crippen LogP contribution >= 0.6 is 11.3 Å². The van der Waals surface area contributed by atoms with E-state index in [2.05, 4.69) is 183 Å². The van der Waals surface area contributed by atoms with Crippen molar-refractivity contribution in [3.8, 4) is 32.7 Å². The van der Waals surface area contributed by atoms with Gasteiger partial charge in [0.15, 0.2) is 0 Å². The van der Waals surface area contributed by atoms with Crippen molar-refractivity contribution in [3.63, 3.8) is 0 Å². The van der Waals surface area contributed by atoms with Gasteiger partial charge in [0.2, 0.25) is 0 Å². The highest BCUT2D eigenvalue weighted by atomic mass is 32.1. The third kappa shape index (κ3) is 4.52. The van der Waals surface area contributed by atoms with Crippen molar-refractivity contribution in [2.24, 2.45) is 0 Å². The van der Waals surface area contributed by atoms with Gasteiger partial charge in [-0.25, -0.2) is 0 Å². The monoisotopic (exact) mass is 619 g/mol. The Bertz CT molecular complexity index is 2410. The molecule has 7 aromatic carbocycles. The fourth-order valence-corrected chi connectivity index (χ4v) is 8.96. The van der Waals surface area contributed by atoms with E-state index in [1.54, 1.807) is 0 Å². The zero-order valence-electron chi connectivity index (χ0n) is 26.4. The lowest BCUT2D eigenvalue weighted by Gasteiger charge is -2.26. The minimum absolute atomic E-state index is 0.0426. The molecule has 0 amide bonds. The van der Waals surface area contributed by atoms with Gasteiger partial charge in [0.25, 0.3) is 0 Å². The van der Waals surface area contributed by atoms with Crippen molar-refractivity contribution in [3.05, 3.63) is 175 Å². The number of benzene rings is 7. The summed E-state index contributed by atoms with van der Waals surface area (Å²) in [5.74, 6) is 0. The lowest BCUT2D eigenvalue weighted by Crippen LogP contribution is -2.14. The van der Waals surface area contributed by atoms with Gasteiger partial charge in [0.1, 0.15) is 0 Å². The quantitative estimate of drug-likeness (QED) is 0.185. The molecule has 0 aliphatic heterocycles. The number of hydrogen-bond acceptors (Lipinski definition) is 2. The van der Waals surface area contributed by atoms with Crippen molar-refractivity contribution in [1.82, 2.24) is 0 Å². The Morgan fingerprint density at radius 3 is 1.87 bits per heavy atom. The van der Waals surface area contributed by atoms with Gasteiger partial charge in [-0.05, 0) is 92.0 Å². The molecule has 1 aromatic heterocycles. The van der Waals surface area contributed by atoms with Crippen LogP contribution < -0.4 is 4.90 Å². The molecule has 1 aliphatic rings. The fourth-order valence-electron chi connectivity index (χ4n) is 7.52. The summed E-state index contributed by atoms with van der Waals surface area (Å²) in [6.07, 6.45) is 0. The number of thiophene rings is 1. The predicted molar refractivity (Wildman–Crippen MR) is 202 cm³/mol. The number of nitrogens with zero attached hydrogens (tertiary/aromatic N) is 1. The third-order valence-electron chi connectivity index (χ3n) is 9.85. The van der Waals surface area contributed by atoms with Crippen molar-refractivity contribution < 1.29 is 0 Å². The van der Waals surface area contributed by atoms with Crippen molar-refractivity contribution >= 4 is 49.3 Å². The summed E-state index contributed by atoms with van der Waals surface area (Å²) in [6, 6.07) is 59.7. The minimum Gasteiger partial charge on any atom is -0.310 e. The second-order valence-corrected chi connectivity index (χ2v) is 14.0. The molecular weight excluding hydrogens is 587 g/mol. The smallest absolute Gasteiger partial charge is 0.0468 e. The van der Waals surface area contributed by atoms with Crippen molar-refractivity contribution in [2.75, 3.05) is 4.90 Å². The molecule has 0 fully saturated rings. The van der Waals surface area contributed by atoms with Gasteiger partial charge in [0.05, 0.1) is 0 Å². The van der Waals surface area contributed by atoms with Crippen LogP contribution in [0.3, 0.4) is 0 Å². The van der Waals surface area contributed by atoms with E-state index in [4.69, 9.17) is 0 Å². The highest BCUT2D eigenvalue weighted by Gasteiger charge is 2.39. The maximum atomic E-state index is 2.38. The number of anilines is 3. The molecule has 0 unspecified atom stereocenters. The minimum atomic E-state index is -0.0426. The van der Waals surface area contributed by atoms with E-state index in [-0.39, 0.29) is 5.41 Å². The SMILES string of the molecule is CC1(C)c2cccc(-c3ccc(N(c4ccc(-c5ccccc5)cc4)c4ccc5ccccc5c4)cc3)c2-c2sc3ccccc3c21. The Labute approximate surface area is 280 Å². The molecule has 0 N–H and O–H groups in total. The molecule has 0 saturated heterocycles. The molecule has 1 heterocycles. The van der Waals surface area contributed by atoms with E-state index in [1.807, 2.05) is 11.3 Å². The Hall–Kier alpha value is -5.44. The van der Waals surface area contributed by atoms with Gasteiger partial charge in [-0.2, -0.15) is 0 Å². The van der Waals surface area contributed by atoms with Crippen LogP contribution in [-0.4, -0.2) is 0 Å². The van der Waals surface area contributed by atoms with Gasteiger partial charge in [0, 0.05) is 37.6 Å². The summed E-state index contributed by atoms with van der Waals surface area (Å²) in [7, 11) is 0. The Balaban J connectivity index is 1.15. The normalized spacial score (nSPS) is 13.1. The topological polar surface area (TPSA) is 3.24 Å². The summed E-state index contributed by atoms with van der Waals surface area (Å²) >= 11 is 1.93. The maximum absolute atomic E-state index is 2.38. The van der Waals surface area contributed by atoms with Gasteiger partial charge >= 0.3 is 0 Å². The van der Waals surface area contributed by atoms with Crippen LogP contribution in [0.4, 0.5) is 17.1 Å². The molecule has 2 heteroatoms. The van der Waals surface area contributed by atoms with E-state index < -0.39 is 0 Å². The summed E-state index contributed by atoms with van der Waals surface area (Å²) in [4.78, 5) is 3.79. The average Bonchev–Trinajstić information content (AvgIpc) is 3.62. The zero-order chi connectivity index (χ0) is 31.5. The summed E-state index contributed by atoms with van der Waals surface area (Å²) < 4.78 is 1.37. The molecule has 1 aliphatic carbocycles. The molecule has 0 bridgehead atoms. The maximum Gasteiger partial charge on any atom is 0.0468 e. The van der Waals surface area contributed by atoms with Crippen LogP contribution in [-0.2, 0) is 5.41 Å². The lowest BCUT2D eigenvalue weighted by molar-refractivity contribution is 0.667. The molecular formula is C45H33NS. The summed E-state index contributed by atoms with van der Waals surface area (Å²) in [5.41, 5.74) is 12.6. The number of rotatable bonds is 5. The molecule has 224 valence electrons. The molecule has 0 radical (unpaired) electrons. The first-order chi connectivity index (χ1) is 23.1. The van der Waals surface area contributed by atoms with Crippen LogP contribution in [0.2, 0.25) is 0 Å². The number of hydrogen-bond donors (Lipinski definition) is 0. The van der Waals surface area contributed by atoms with E-state index >= 15 is 0 Å². The van der Waals surface area contributed by atoms with Crippen molar-refractivity contribution in [1.29, 1.82) is 0 Å². The molecule has 47 heavy (non-hydrogen) atoms. The number of fused-ring (bicyclic) bond motifs is 6. The van der Waals surface area contributed by atoms with Gasteiger partial charge in [-0.3, -0.25) is 0 Å². The first kappa shape index (κ1) is 27.8. The largest absolute Gasteiger partial charge is 0.310 e. The fraction of sp³-hybridized carbons (Fsp3) is 0.0667. The van der Waals surface area contributed by atoms with E-state index in [0.29, 0.717) is 0 Å². The van der Waals surface area contributed by atoms with Crippen LogP contribution in [0, 0.1) is 0 Å². The van der Waals surface area contributed by atoms with Gasteiger partial charge < -0.3 is 4.90 Å². The Morgan fingerprint density at radius 2 is 1.11 bits per heavy atom. The van der Waals surface area contributed by atoms with Crippen molar-refractivity contribution in [2.45, 2.75) is 19.3 Å². The van der Waals surface area contributed by atoms with E-state index in [1.165, 1.54) is 64.7 Å². The van der Waals surface area contributed by atoms with Gasteiger partial charge in [-0.15, -0.1) is 11.3 Å². The second kappa shape index (κ2) is 10.8. The molecule has 0 atom stereocenters. The summed E-state index contributed by atoms with van der Waals surface area (Å²) in [5, 5.41) is 3.86. The van der Waals surface area contributed by atoms with Crippen LogP contribution in [0.15, 0.2) is 164 Å². The van der Waals surface area contributed by atoms with E-state index in [0.717, 1.165) is 17.1 Å². The molecule has 0 spiro atoms. The molecule has 1 nitrogen and oxygen atoms in total. The highest BCUT2D eigenvalue weighted by Crippen LogP contribution is 2.57. The van der Waals surface area contributed by atoms with E-state index in [9.17, 15) is 0 Å². The first-order valence-corrected chi connectivity index (χ1v) is 17.1. The average molecular weight is 620 g/mol. The Kier molecular flexibility index (Phi) is 6.41. The predicted octanol–water partition coefficient (Wildman–Crippen LogP) is 13.2. The molecule has 9 rings (SSSR count). The second-order valence-electron chi connectivity index (χ2n) is 13.0. The van der Waals surface area contributed by atoms with Crippen LogP contribution in [0.25, 0.3) is 53.6 Å². The molecule has 8 aromatic rings.